The summed E-state index contributed by atoms with van der Waals surface area (Å²) in [4.78, 5) is 28.6. The summed E-state index contributed by atoms with van der Waals surface area (Å²) >= 11 is 0. The number of ether oxygens (including phenoxy) is 1. The van der Waals surface area contributed by atoms with Gasteiger partial charge in [-0.15, -0.1) is 0 Å². The molecule has 1 atom stereocenters. The maximum absolute atomic E-state index is 12.9. The number of carbonyl (C=O) groups excluding carboxylic acids is 2. The van der Waals surface area contributed by atoms with Crippen LogP contribution in [0.2, 0.25) is 0 Å². The third-order valence-corrected chi connectivity index (χ3v) is 5.96. The molecule has 2 aliphatic heterocycles. The van der Waals surface area contributed by atoms with Gasteiger partial charge in [-0.05, 0) is 43.9 Å². The molecule has 1 aromatic carbocycles. The van der Waals surface area contributed by atoms with E-state index in [1.165, 1.54) is 7.11 Å². The van der Waals surface area contributed by atoms with E-state index in [1.54, 1.807) is 17.0 Å². The molecule has 10 heteroatoms. The zero-order chi connectivity index (χ0) is 21.0. The van der Waals surface area contributed by atoms with Gasteiger partial charge in [0.1, 0.15) is 0 Å². The van der Waals surface area contributed by atoms with Gasteiger partial charge in [-0.1, -0.05) is 0 Å². The van der Waals surface area contributed by atoms with Crippen molar-refractivity contribution in [2.24, 2.45) is 0 Å². The molecule has 0 radical (unpaired) electrons. The van der Waals surface area contributed by atoms with E-state index in [0.717, 1.165) is 37.9 Å². The van der Waals surface area contributed by atoms with Crippen LogP contribution >= 0.6 is 0 Å². The number of benzene rings is 1. The molecule has 0 aliphatic carbocycles. The van der Waals surface area contributed by atoms with Crippen molar-refractivity contribution < 1.29 is 22.7 Å². The highest BCUT2D eigenvalue weighted by Crippen LogP contribution is 2.31. The Morgan fingerprint density at radius 1 is 1.14 bits per heavy atom. The first-order chi connectivity index (χ1) is 13.8. The Kier molecular flexibility index (Phi) is 6.63. The number of piperidine rings is 1. The van der Waals surface area contributed by atoms with Gasteiger partial charge in [-0.2, -0.15) is 0 Å². The molecular formula is C19H28N4O5S. The van der Waals surface area contributed by atoms with Gasteiger partial charge in [0.15, 0.2) is 0 Å². The van der Waals surface area contributed by atoms with Crippen molar-refractivity contribution in [2.75, 3.05) is 49.8 Å². The molecule has 0 spiro atoms. The maximum Gasteiger partial charge on any atom is 0.337 e. The van der Waals surface area contributed by atoms with Crippen LogP contribution in [-0.4, -0.2) is 70.9 Å². The van der Waals surface area contributed by atoms with Crippen LogP contribution in [0.4, 0.5) is 16.2 Å². The summed E-state index contributed by atoms with van der Waals surface area (Å²) in [6, 6.07) is 4.55. The van der Waals surface area contributed by atoms with E-state index in [2.05, 4.69) is 14.9 Å². The number of amides is 2. The molecule has 2 heterocycles. The molecular weight excluding hydrogens is 396 g/mol. The van der Waals surface area contributed by atoms with Crippen molar-refractivity contribution in [3.8, 4) is 0 Å². The number of anilines is 2. The first-order valence-electron chi connectivity index (χ1n) is 9.77. The molecule has 1 aromatic rings. The molecule has 2 N–H and O–H groups in total. The first kappa shape index (κ1) is 21.4. The van der Waals surface area contributed by atoms with Crippen LogP contribution in [-0.2, 0) is 14.8 Å². The number of carbonyl (C=O) groups is 2. The Bertz CT molecular complexity index is 867. The fourth-order valence-electron chi connectivity index (χ4n) is 3.87. The molecule has 0 saturated carbocycles. The fraction of sp³-hybridized carbons (Fsp3) is 0.579. The van der Waals surface area contributed by atoms with E-state index in [4.69, 9.17) is 4.74 Å². The normalized spacial score (nSPS) is 19.9. The number of rotatable bonds is 5. The molecule has 0 bridgehead atoms. The van der Waals surface area contributed by atoms with Crippen molar-refractivity contribution >= 4 is 33.4 Å². The average Bonchev–Trinajstić information content (AvgIpc) is 3.20. The second-order valence-electron chi connectivity index (χ2n) is 7.52. The minimum Gasteiger partial charge on any atom is -0.465 e. The van der Waals surface area contributed by atoms with Crippen LogP contribution in [0.5, 0.6) is 0 Å². The maximum atomic E-state index is 12.9. The number of methoxy groups -OCH3 is 1. The molecule has 2 amide bonds. The Morgan fingerprint density at radius 2 is 1.86 bits per heavy atom. The van der Waals surface area contributed by atoms with Crippen LogP contribution in [0.1, 0.15) is 36.0 Å². The summed E-state index contributed by atoms with van der Waals surface area (Å²) in [6.45, 7) is 2.63. The van der Waals surface area contributed by atoms with E-state index >= 15 is 0 Å². The van der Waals surface area contributed by atoms with Gasteiger partial charge in [0.2, 0.25) is 10.0 Å². The highest BCUT2D eigenvalue weighted by atomic mass is 32.2. The summed E-state index contributed by atoms with van der Waals surface area (Å²) in [7, 11) is -2.02. The molecule has 9 nitrogen and oxygen atoms in total. The fourth-order valence-corrected chi connectivity index (χ4v) is 4.67. The van der Waals surface area contributed by atoms with Gasteiger partial charge < -0.3 is 19.9 Å². The molecule has 3 rings (SSSR count). The molecule has 2 saturated heterocycles. The van der Waals surface area contributed by atoms with Gasteiger partial charge in [-0.3, -0.25) is 0 Å². The lowest BCUT2D eigenvalue weighted by Gasteiger charge is -2.33. The first-order valence-corrected chi connectivity index (χ1v) is 11.7. The van der Waals surface area contributed by atoms with E-state index in [0.29, 0.717) is 37.2 Å². The summed E-state index contributed by atoms with van der Waals surface area (Å²) in [6.07, 6.45) is 4.68. The second-order valence-corrected chi connectivity index (χ2v) is 9.30. The number of likely N-dealkylation sites (tertiary alicyclic amines) is 1. The lowest BCUT2D eigenvalue weighted by atomic mass is 10.1. The third kappa shape index (κ3) is 5.60. The van der Waals surface area contributed by atoms with Gasteiger partial charge in [0.05, 0.1) is 30.3 Å². The minimum atomic E-state index is -3.33. The Balaban J connectivity index is 1.78. The number of hydrogen-bond acceptors (Lipinski definition) is 6. The van der Waals surface area contributed by atoms with E-state index < -0.39 is 16.0 Å². The molecule has 0 aromatic heterocycles. The molecule has 2 fully saturated rings. The molecule has 29 heavy (non-hydrogen) atoms. The predicted molar refractivity (Wildman–Crippen MR) is 111 cm³/mol. The zero-order valence-corrected chi connectivity index (χ0v) is 17.6. The zero-order valence-electron chi connectivity index (χ0n) is 16.8. The highest BCUT2D eigenvalue weighted by Gasteiger charge is 2.27. The van der Waals surface area contributed by atoms with Crippen LogP contribution in [0.15, 0.2) is 18.2 Å². The number of hydrogen-bond donors (Lipinski definition) is 2. The van der Waals surface area contributed by atoms with E-state index in [1.807, 2.05) is 6.07 Å². The summed E-state index contributed by atoms with van der Waals surface area (Å²) in [5.74, 6) is -0.469. The molecule has 2 aliphatic rings. The molecule has 160 valence electrons. The summed E-state index contributed by atoms with van der Waals surface area (Å²) in [5, 5.41) is 2.92. The largest absolute Gasteiger partial charge is 0.465 e. The van der Waals surface area contributed by atoms with Gasteiger partial charge >= 0.3 is 12.0 Å². The van der Waals surface area contributed by atoms with Crippen molar-refractivity contribution in [1.29, 1.82) is 0 Å². The van der Waals surface area contributed by atoms with Crippen LogP contribution < -0.4 is 14.9 Å². The van der Waals surface area contributed by atoms with Gasteiger partial charge in [0, 0.05) is 32.2 Å². The number of nitrogens with zero attached hydrogens (tertiary/aromatic N) is 2. The lowest BCUT2D eigenvalue weighted by Crippen LogP contribution is -2.50. The Hall–Kier alpha value is -2.33. The van der Waals surface area contributed by atoms with Crippen molar-refractivity contribution in [3.05, 3.63) is 23.8 Å². The number of urea groups is 1. The standard InChI is InChI=1S/C19H28N4O5S/c1-28-18(24)14-7-8-17(22-9-3-4-10-22)16(12-14)20-19(25)23-11-5-6-15(13-23)21-29(2,26)27/h7-8,12,15,21H,3-6,9-11,13H2,1-2H3,(H,20,25). The van der Waals surface area contributed by atoms with Gasteiger partial charge in [0.25, 0.3) is 0 Å². The number of nitrogens with one attached hydrogen (secondary N) is 2. The average molecular weight is 425 g/mol. The summed E-state index contributed by atoms with van der Waals surface area (Å²) in [5.41, 5.74) is 1.78. The van der Waals surface area contributed by atoms with E-state index in [-0.39, 0.29) is 12.1 Å². The Labute approximate surface area is 171 Å². The monoisotopic (exact) mass is 424 g/mol. The van der Waals surface area contributed by atoms with Crippen molar-refractivity contribution in [1.82, 2.24) is 9.62 Å². The topological polar surface area (TPSA) is 108 Å². The second kappa shape index (κ2) is 9.00. The number of sulfonamides is 1. The Morgan fingerprint density at radius 3 is 2.52 bits per heavy atom. The summed E-state index contributed by atoms with van der Waals surface area (Å²) < 4.78 is 30.4. The third-order valence-electron chi connectivity index (χ3n) is 5.20. The number of esters is 1. The lowest BCUT2D eigenvalue weighted by molar-refractivity contribution is 0.0600. The van der Waals surface area contributed by atoms with Crippen molar-refractivity contribution in [2.45, 2.75) is 31.7 Å². The predicted octanol–water partition coefficient (Wildman–Crippen LogP) is 1.62. The SMILES string of the molecule is COC(=O)c1ccc(N2CCCC2)c(NC(=O)N2CCCC(NS(C)(=O)=O)C2)c1. The highest BCUT2D eigenvalue weighted by molar-refractivity contribution is 7.88. The quantitative estimate of drug-likeness (QED) is 0.696. The van der Waals surface area contributed by atoms with Crippen LogP contribution in [0.3, 0.4) is 0 Å². The minimum absolute atomic E-state index is 0.300. The smallest absolute Gasteiger partial charge is 0.337 e. The van der Waals surface area contributed by atoms with Gasteiger partial charge in [-0.25, -0.2) is 22.7 Å². The van der Waals surface area contributed by atoms with E-state index in [9.17, 15) is 18.0 Å². The molecule has 1 unspecified atom stereocenters. The van der Waals surface area contributed by atoms with Crippen LogP contribution in [0.25, 0.3) is 0 Å². The van der Waals surface area contributed by atoms with Crippen LogP contribution in [0, 0.1) is 0 Å². The van der Waals surface area contributed by atoms with Crippen molar-refractivity contribution in [3.63, 3.8) is 0 Å².